The van der Waals surface area contributed by atoms with Gasteiger partial charge in [0.05, 0.1) is 10.5 Å². The molecule has 21 heavy (non-hydrogen) atoms. The number of anilines is 1. The van der Waals surface area contributed by atoms with E-state index in [1.807, 2.05) is 6.92 Å². The third kappa shape index (κ3) is 4.74. The van der Waals surface area contributed by atoms with Gasteiger partial charge in [-0.1, -0.05) is 19.1 Å². The number of hydrogen-bond donors (Lipinski definition) is 2. The summed E-state index contributed by atoms with van der Waals surface area (Å²) in [7, 11) is -3.20. The summed E-state index contributed by atoms with van der Waals surface area (Å²) >= 11 is 0. The predicted octanol–water partition coefficient (Wildman–Crippen LogP) is 2.08. The standard InChI is InChI=1S/C15H24N2O3S/c1-5-13(14(16)18)17-12-8-6-11(7-9-12)10-21(19,20)15(2,3)4/h6-9,13,17H,5,10H2,1-4H3,(H2,16,18)/t13-/m1/s1. The second kappa shape index (κ2) is 6.47. The zero-order valence-corrected chi connectivity index (χ0v) is 13.8. The summed E-state index contributed by atoms with van der Waals surface area (Å²) in [5, 5.41) is 3.02. The van der Waals surface area contributed by atoms with E-state index in [-0.39, 0.29) is 5.75 Å². The number of amides is 1. The highest BCUT2D eigenvalue weighted by Crippen LogP contribution is 2.21. The molecular weight excluding hydrogens is 288 g/mol. The molecule has 0 aliphatic heterocycles. The molecule has 0 aliphatic rings. The van der Waals surface area contributed by atoms with Crippen molar-refractivity contribution in [2.45, 2.75) is 50.7 Å². The maximum absolute atomic E-state index is 12.1. The molecule has 6 heteroatoms. The second-order valence-corrected chi connectivity index (χ2v) is 8.82. The smallest absolute Gasteiger partial charge is 0.239 e. The predicted molar refractivity (Wildman–Crippen MR) is 85.7 cm³/mol. The van der Waals surface area contributed by atoms with Crippen molar-refractivity contribution in [2.75, 3.05) is 5.32 Å². The summed E-state index contributed by atoms with van der Waals surface area (Å²) in [6.07, 6.45) is 0.593. The zero-order chi connectivity index (χ0) is 16.3. The van der Waals surface area contributed by atoms with Gasteiger partial charge in [0.1, 0.15) is 6.04 Å². The van der Waals surface area contributed by atoms with Crippen LogP contribution in [0.3, 0.4) is 0 Å². The maximum atomic E-state index is 12.1. The molecule has 0 radical (unpaired) electrons. The molecule has 0 unspecified atom stereocenters. The first kappa shape index (κ1) is 17.5. The molecule has 1 rings (SSSR count). The van der Waals surface area contributed by atoms with Crippen LogP contribution >= 0.6 is 0 Å². The van der Waals surface area contributed by atoms with Gasteiger partial charge in [-0.2, -0.15) is 0 Å². The quantitative estimate of drug-likeness (QED) is 0.841. The minimum atomic E-state index is -3.20. The van der Waals surface area contributed by atoms with E-state index in [1.165, 1.54) is 0 Å². The normalized spacial score (nSPS) is 13.7. The highest BCUT2D eigenvalue weighted by Gasteiger charge is 2.28. The Balaban J connectivity index is 2.82. The van der Waals surface area contributed by atoms with E-state index in [4.69, 9.17) is 5.73 Å². The molecule has 0 aromatic heterocycles. The van der Waals surface area contributed by atoms with Gasteiger partial charge in [0.15, 0.2) is 9.84 Å². The minimum Gasteiger partial charge on any atom is -0.374 e. The number of carbonyl (C=O) groups is 1. The molecular formula is C15H24N2O3S. The Morgan fingerprint density at radius 2 is 1.76 bits per heavy atom. The maximum Gasteiger partial charge on any atom is 0.239 e. The fraction of sp³-hybridized carbons (Fsp3) is 0.533. The van der Waals surface area contributed by atoms with Crippen LogP contribution in [0.5, 0.6) is 0 Å². The first-order valence-corrected chi connectivity index (χ1v) is 8.59. The van der Waals surface area contributed by atoms with Gasteiger partial charge >= 0.3 is 0 Å². The van der Waals surface area contributed by atoms with E-state index in [0.29, 0.717) is 6.42 Å². The average Bonchev–Trinajstić information content (AvgIpc) is 2.35. The first-order chi connectivity index (χ1) is 9.56. The highest BCUT2D eigenvalue weighted by atomic mass is 32.2. The van der Waals surface area contributed by atoms with Crippen molar-refractivity contribution in [1.29, 1.82) is 0 Å². The van der Waals surface area contributed by atoms with Crippen molar-refractivity contribution in [3.05, 3.63) is 29.8 Å². The highest BCUT2D eigenvalue weighted by molar-refractivity contribution is 7.91. The molecule has 0 saturated carbocycles. The van der Waals surface area contributed by atoms with Crippen LogP contribution in [0.25, 0.3) is 0 Å². The lowest BCUT2D eigenvalue weighted by Crippen LogP contribution is -2.34. The SMILES string of the molecule is CC[C@@H](Nc1ccc(CS(=O)(=O)C(C)(C)C)cc1)C(N)=O. The number of nitrogens with two attached hydrogens (primary N) is 1. The number of carbonyl (C=O) groups excluding carboxylic acids is 1. The minimum absolute atomic E-state index is 0.00378. The van der Waals surface area contributed by atoms with E-state index >= 15 is 0 Å². The number of sulfone groups is 1. The van der Waals surface area contributed by atoms with Crippen LogP contribution in [0.1, 0.15) is 39.7 Å². The Morgan fingerprint density at radius 3 is 2.14 bits per heavy atom. The van der Waals surface area contributed by atoms with Crippen LogP contribution in [-0.2, 0) is 20.4 Å². The Kier molecular flexibility index (Phi) is 5.39. The molecule has 0 bridgehead atoms. The number of benzene rings is 1. The van der Waals surface area contributed by atoms with Gasteiger partial charge < -0.3 is 11.1 Å². The lowest BCUT2D eigenvalue weighted by molar-refractivity contribution is -0.118. The summed E-state index contributed by atoms with van der Waals surface area (Å²) in [6, 6.07) is 6.60. The van der Waals surface area contributed by atoms with Crippen molar-refractivity contribution in [3.63, 3.8) is 0 Å². The first-order valence-electron chi connectivity index (χ1n) is 6.94. The van der Waals surface area contributed by atoms with E-state index in [2.05, 4.69) is 5.32 Å². The molecule has 118 valence electrons. The van der Waals surface area contributed by atoms with Crippen LogP contribution in [0.4, 0.5) is 5.69 Å². The Morgan fingerprint density at radius 1 is 1.24 bits per heavy atom. The third-order valence-electron chi connectivity index (χ3n) is 3.34. The van der Waals surface area contributed by atoms with Crippen molar-refractivity contribution < 1.29 is 13.2 Å². The Bertz CT molecular complexity index is 586. The zero-order valence-electron chi connectivity index (χ0n) is 13.0. The molecule has 0 saturated heterocycles. The van der Waals surface area contributed by atoms with E-state index in [1.54, 1.807) is 45.0 Å². The molecule has 1 aromatic rings. The van der Waals surface area contributed by atoms with Gasteiger partial charge in [0.2, 0.25) is 5.91 Å². The van der Waals surface area contributed by atoms with Crippen LogP contribution < -0.4 is 11.1 Å². The molecule has 0 aliphatic carbocycles. The number of hydrogen-bond acceptors (Lipinski definition) is 4. The molecule has 0 spiro atoms. The summed E-state index contributed by atoms with van der Waals surface area (Å²) < 4.78 is 23.5. The molecule has 1 atom stereocenters. The largest absolute Gasteiger partial charge is 0.374 e. The van der Waals surface area contributed by atoms with Gasteiger partial charge in [0.25, 0.3) is 0 Å². The fourth-order valence-corrected chi connectivity index (χ4v) is 2.77. The Hall–Kier alpha value is -1.56. The molecule has 5 nitrogen and oxygen atoms in total. The number of rotatable bonds is 6. The van der Waals surface area contributed by atoms with Crippen LogP contribution in [0.2, 0.25) is 0 Å². The summed E-state index contributed by atoms with van der Waals surface area (Å²) in [5.74, 6) is -0.402. The second-order valence-electron chi connectivity index (χ2n) is 6.08. The lowest BCUT2D eigenvalue weighted by atomic mass is 10.2. The van der Waals surface area contributed by atoms with Crippen LogP contribution in [-0.4, -0.2) is 25.1 Å². The molecule has 0 fully saturated rings. The fourth-order valence-electron chi connectivity index (χ4n) is 1.71. The summed E-state index contributed by atoms with van der Waals surface area (Å²) in [4.78, 5) is 11.2. The summed E-state index contributed by atoms with van der Waals surface area (Å²) in [5.41, 5.74) is 6.75. The number of primary amides is 1. The van der Waals surface area contributed by atoms with Gasteiger partial charge in [0, 0.05) is 5.69 Å². The Labute approximate surface area is 126 Å². The summed E-state index contributed by atoms with van der Waals surface area (Å²) in [6.45, 7) is 6.94. The topological polar surface area (TPSA) is 89.3 Å². The van der Waals surface area contributed by atoms with Crippen molar-refractivity contribution >= 4 is 21.4 Å². The van der Waals surface area contributed by atoms with Gasteiger partial charge in [-0.15, -0.1) is 0 Å². The average molecular weight is 312 g/mol. The van der Waals surface area contributed by atoms with Crippen molar-refractivity contribution in [3.8, 4) is 0 Å². The van der Waals surface area contributed by atoms with Crippen LogP contribution in [0, 0.1) is 0 Å². The molecule has 3 N–H and O–H groups in total. The number of nitrogens with one attached hydrogen (secondary N) is 1. The molecule has 1 aromatic carbocycles. The third-order valence-corrected chi connectivity index (χ3v) is 5.92. The monoisotopic (exact) mass is 312 g/mol. The van der Waals surface area contributed by atoms with Gasteiger partial charge in [-0.25, -0.2) is 8.42 Å². The molecule has 0 heterocycles. The van der Waals surface area contributed by atoms with Gasteiger partial charge in [-0.05, 0) is 44.9 Å². The van der Waals surface area contributed by atoms with Crippen molar-refractivity contribution in [2.24, 2.45) is 5.73 Å². The van der Waals surface area contributed by atoms with Crippen molar-refractivity contribution in [1.82, 2.24) is 0 Å². The van der Waals surface area contributed by atoms with E-state index in [0.717, 1.165) is 11.3 Å². The lowest BCUT2D eigenvalue weighted by Gasteiger charge is -2.19. The van der Waals surface area contributed by atoms with Crippen LogP contribution in [0.15, 0.2) is 24.3 Å². The van der Waals surface area contributed by atoms with Gasteiger partial charge in [-0.3, -0.25) is 4.79 Å². The molecule has 1 amide bonds. The van der Waals surface area contributed by atoms with E-state index in [9.17, 15) is 13.2 Å². The van der Waals surface area contributed by atoms with E-state index < -0.39 is 26.5 Å².